The van der Waals surface area contributed by atoms with Gasteiger partial charge in [0.25, 0.3) is 0 Å². The highest BCUT2D eigenvalue weighted by Gasteiger charge is 2.27. The van der Waals surface area contributed by atoms with Crippen LogP contribution < -0.4 is 5.73 Å². The lowest BCUT2D eigenvalue weighted by molar-refractivity contribution is -0.131. The number of carbonyl (C=O) groups is 1. The quantitative estimate of drug-likeness (QED) is 0.720. The van der Waals surface area contributed by atoms with Gasteiger partial charge in [-0.1, -0.05) is 0 Å². The first-order valence-corrected chi connectivity index (χ1v) is 6.28. The minimum atomic E-state index is 0.233. The third-order valence-corrected chi connectivity index (χ3v) is 3.36. The fourth-order valence-corrected chi connectivity index (χ4v) is 2.35. The van der Waals surface area contributed by atoms with Crippen LogP contribution >= 0.6 is 0 Å². The molecule has 4 nitrogen and oxygen atoms in total. The maximum absolute atomic E-state index is 11.8. The Kier molecular flexibility index (Phi) is 5.22. The van der Waals surface area contributed by atoms with E-state index in [0.717, 1.165) is 32.5 Å². The van der Waals surface area contributed by atoms with Gasteiger partial charge in [-0.3, -0.25) is 9.69 Å². The fourth-order valence-electron chi connectivity index (χ4n) is 2.35. The summed E-state index contributed by atoms with van der Waals surface area (Å²) in [5.41, 5.74) is 5.74. The van der Waals surface area contributed by atoms with Crippen molar-refractivity contribution in [1.82, 2.24) is 9.80 Å². The highest BCUT2D eigenvalue weighted by Crippen LogP contribution is 2.25. The average Bonchev–Trinajstić information content (AvgIpc) is 2.17. The van der Waals surface area contributed by atoms with Gasteiger partial charge in [-0.05, 0) is 39.7 Å². The van der Waals surface area contributed by atoms with Crippen molar-refractivity contribution in [3.63, 3.8) is 0 Å². The van der Waals surface area contributed by atoms with Crippen molar-refractivity contribution in [1.29, 1.82) is 0 Å². The standard InChI is InChI=1S/C12H25N3O/c1-4-15(5-2)12(16)9-14(3)8-10-6-11(13)7-10/h10-11H,4-9,13H2,1-3H3. The van der Waals surface area contributed by atoms with Gasteiger partial charge in [0, 0.05) is 25.7 Å². The summed E-state index contributed by atoms with van der Waals surface area (Å²) < 4.78 is 0. The van der Waals surface area contributed by atoms with E-state index < -0.39 is 0 Å². The van der Waals surface area contributed by atoms with E-state index in [0.29, 0.717) is 18.5 Å². The number of hydrogen-bond donors (Lipinski definition) is 1. The molecule has 1 fully saturated rings. The lowest BCUT2D eigenvalue weighted by Gasteiger charge is -2.35. The Hall–Kier alpha value is -0.610. The van der Waals surface area contributed by atoms with Crippen molar-refractivity contribution in [2.24, 2.45) is 11.7 Å². The van der Waals surface area contributed by atoms with Crippen LogP contribution in [-0.4, -0.2) is 55.0 Å². The van der Waals surface area contributed by atoms with Crippen LogP contribution in [0.3, 0.4) is 0 Å². The molecule has 0 unspecified atom stereocenters. The molecule has 2 N–H and O–H groups in total. The Morgan fingerprint density at radius 1 is 1.31 bits per heavy atom. The highest BCUT2D eigenvalue weighted by molar-refractivity contribution is 5.78. The van der Waals surface area contributed by atoms with Crippen molar-refractivity contribution in [2.45, 2.75) is 32.7 Å². The molecule has 4 heteroatoms. The molecule has 0 aromatic rings. The lowest BCUT2D eigenvalue weighted by atomic mass is 9.80. The number of rotatable bonds is 6. The Morgan fingerprint density at radius 2 is 1.88 bits per heavy atom. The Balaban J connectivity index is 2.22. The summed E-state index contributed by atoms with van der Waals surface area (Å²) in [7, 11) is 2.02. The van der Waals surface area contributed by atoms with Gasteiger partial charge in [-0.25, -0.2) is 0 Å². The molecule has 0 aromatic heterocycles. The summed E-state index contributed by atoms with van der Waals surface area (Å²) in [6, 6.07) is 0.400. The largest absolute Gasteiger partial charge is 0.342 e. The first kappa shape index (κ1) is 13.5. The molecule has 1 aliphatic carbocycles. The van der Waals surface area contributed by atoms with Crippen LogP contribution in [0, 0.1) is 5.92 Å². The van der Waals surface area contributed by atoms with Gasteiger partial charge in [0.1, 0.15) is 0 Å². The molecule has 0 aromatic carbocycles. The normalized spacial score (nSPS) is 24.3. The molecule has 1 amide bonds. The SMILES string of the molecule is CCN(CC)C(=O)CN(C)CC1CC(N)C1. The van der Waals surface area contributed by atoms with Gasteiger partial charge in [0.05, 0.1) is 6.54 Å². The van der Waals surface area contributed by atoms with Crippen molar-refractivity contribution in [2.75, 3.05) is 33.2 Å². The lowest BCUT2D eigenvalue weighted by Crippen LogP contribution is -2.45. The maximum Gasteiger partial charge on any atom is 0.236 e. The molecule has 0 aliphatic heterocycles. The molecule has 1 aliphatic rings. The van der Waals surface area contributed by atoms with Crippen LogP contribution in [-0.2, 0) is 4.79 Å². The number of nitrogens with zero attached hydrogens (tertiary/aromatic N) is 2. The first-order chi connectivity index (χ1) is 7.56. The van der Waals surface area contributed by atoms with E-state index in [9.17, 15) is 4.79 Å². The monoisotopic (exact) mass is 227 g/mol. The summed E-state index contributed by atoms with van der Waals surface area (Å²) in [5.74, 6) is 0.931. The van der Waals surface area contributed by atoms with Gasteiger partial charge < -0.3 is 10.6 Å². The van der Waals surface area contributed by atoms with Gasteiger partial charge in [0.15, 0.2) is 0 Å². The zero-order chi connectivity index (χ0) is 12.1. The number of amides is 1. The second kappa shape index (κ2) is 6.21. The van der Waals surface area contributed by atoms with Crippen molar-refractivity contribution >= 4 is 5.91 Å². The molecule has 0 heterocycles. The van der Waals surface area contributed by atoms with Gasteiger partial charge >= 0.3 is 0 Å². The summed E-state index contributed by atoms with van der Waals surface area (Å²) in [5, 5.41) is 0. The molecule has 94 valence electrons. The van der Waals surface area contributed by atoms with E-state index in [2.05, 4.69) is 4.90 Å². The second-order valence-electron chi connectivity index (χ2n) is 4.86. The Morgan fingerprint density at radius 3 is 2.31 bits per heavy atom. The minimum absolute atomic E-state index is 0.233. The van der Waals surface area contributed by atoms with Crippen LogP contribution in [0.4, 0.5) is 0 Å². The van der Waals surface area contributed by atoms with E-state index in [1.165, 1.54) is 0 Å². The van der Waals surface area contributed by atoms with Gasteiger partial charge in [-0.2, -0.15) is 0 Å². The number of carbonyl (C=O) groups excluding carboxylic acids is 1. The summed E-state index contributed by atoms with van der Waals surface area (Å²) in [6.07, 6.45) is 2.23. The highest BCUT2D eigenvalue weighted by atomic mass is 16.2. The van der Waals surface area contributed by atoms with E-state index in [1.54, 1.807) is 0 Å². The predicted octanol–water partition coefficient (Wildman–Crippen LogP) is 0.524. The summed E-state index contributed by atoms with van der Waals surface area (Å²) in [4.78, 5) is 15.8. The summed E-state index contributed by atoms with van der Waals surface area (Å²) >= 11 is 0. The van der Waals surface area contributed by atoms with E-state index in [4.69, 9.17) is 5.73 Å². The average molecular weight is 227 g/mol. The van der Waals surface area contributed by atoms with E-state index in [1.807, 2.05) is 25.8 Å². The molecule has 16 heavy (non-hydrogen) atoms. The first-order valence-electron chi connectivity index (χ1n) is 6.28. The third kappa shape index (κ3) is 3.76. The number of hydrogen-bond acceptors (Lipinski definition) is 3. The van der Waals surface area contributed by atoms with E-state index in [-0.39, 0.29) is 5.91 Å². The van der Waals surface area contributed by atoms with Gasteiger partial charge in [-0.15, -0.1) is 0 Å². The second-order valence-corrected chi connectivity index (χ2v) is 4.86. The zero-order valence-corrected chi connectivity index (χ0v) is 10.8. The van der Waals surface area contributed by atoms with Gasteiger partial charge in [0.2, 0.25) is 5.91 Å². The predicted molar refractivity (Wildman–Crippen MR) is 66.1 cm³/mol. The Labute approximate surface area is 98.8 Å². The smallest absolute Gasteiger partial charge is 0.236 e. The van der Waals surface area contributed by atoms with Crippen LogP contribution in [0.5, 0.6) is 0 Å². The van der Waals surface area contributed by atoms with Crippen molar-refractivity contribution < 1.29 is 4.79 Å². The molecule has 1 rings (SSSR count). The van der Waals surface area contributed by atoms with Crippen LogP contribution in [0.25, 0.3) is 0 Å². The molecule has 0 bridgehead atoms. The third-order valence-electron chi connectivity index (χ3n) is 3.36. The number of nitrogens with two attached hydrogens (primary N) is 1. The molecular weight excluding hydrogens is 202 g/mol. The van der Waals surface area contributed by atoms with Crippen LogP contribution in [0.15, 0.2) is 0 Å². The molecular formula is C12H25N3O. The fraction of sp³-hybridized carbons (Fsp3) is 0.917. The number of likely N-dealkylation sites (N-methyl/N-ethyl adjacent to an activating group) is 2. The Bertz CT molecular complexity index is 222. The molecule has 0 atom stereocenters. The van der Waals surface area contributed by atoms with Crippen molar-refractivity contribution in [3.8, 4) is 0 Å². The van der Waals surface area contributed by atoms with Crippen molar-refractivity contribution in [3.05, 3.63) is 0 Å². The minimum Gasteiger partial charge on any atom is -0.342 e. The molecule has 0 saturated heterocycles. The maximum atomic E-state index is 11.8. The molecule has 1 saturated carbocycles. The zero-order valence-electron chi connectivity index (χ0n) is 10.8. The van der Waals surface area contributed by atoms with E-state index >= 15 is 0 Å². The van der Waals surface area contributed by atoms with Crippen LogP contribution in [0.1, 0.15) is 26.7 Å². The molecule has 0 spiro atoms. The topological polar surface area (TPSA) is 49.6 Å². The van der Waals surface area contributed by atoms with Crippen LogP contribution in [0.2, 0.25) is 0 Å². The summed E-state index contributed by atoms with van der Waals surface area (Å²) in [6.45, 7) is 7.18. The molecule has 0 radical (unpaired) electrons.